The number of nitrogens with one attached hydrogen (secondary N) is 1. The number of carbonyl (C=O) groups excluding carboxylic acids is 1. The van der Waals surface area contributed by atoms with E-state index in [0.717, 1.165) is 0 Å². The third-order valence-corrected chi connectivity index (χ3v) is 2.88. The average Bonchev–Trinajstić information content (AvgIpc) is 2.24. The number of hydrogen-bond donors (Lipinski definition) is 2. The number of aromatic amines is 1. The van der Waals surface area contributed by atoms with Crippen molar-refractivity contribution in [2.45, 2.75) is 19.0 Å². The summed E-state index contributed by atoms with van der Waals surface area (Å²) in [6.07, 6.45) is -5.38. The fourth-order valence-corrected chi connectivity index (χ4v) is 1.70. The Bertz CT molecular complexity index is 681. The van der Waals surface area contributed by atoms with Crippen LogP contribution in [-0.2, 0) is 21.1 Å². The molecule has 0 atom stereocenters. The average molecular weight is 330 g/mol. The molecule has 21 heavy (non-hydrogen) atoms. The number of alkyl halides is 3. The summed E-state index contributed by atoms with van der Waals surface area (Å²) >= 11 is 0. The first kappa shape index (κ1) is 17.1. The Hall–Kier alpha value is -1.95. The number of esters is 1. The van der Waals surface area contributed by atoms with Gasteiger partial charge in [0.05, 0.1) is 11.9 Å². The Kier molecular flexibility index (Phi) is 5.06. The van der Waals surface area contributed by atoms with Gasteiger partial charge < -0.3 is 4.74 Å². The first-order chi connectivity index (χ1) is 9.49. The molecule has 118 valence electrons. The van der Waals surface area contributed by atoms with Crippen molar-refractivity contribution in [3.8, 4) is 6.01 Å². The van der Waals surface area contributed by atoms with E-state index in [4.69, 9.17) is 4.55 Å². The van der Waals surface area contributed by atoms with Crippen molar-refractivity contribution in [2.75, 3.05) is 5.75 Å². The molecule has 0 unspecified atom stereocenters. The Balaban J connectivity index is 2.66. The fourth-order valence-electron chi connectivity index (χ4n) is 1.19. The number of halogens is 3. The maximum Gasteiger partial charge on any atom is 0.423 e. The fraction of sp³-hybridized carbons (Fsp3) is 0.444. The highest BCUT2D eigenvalue weighted by Gasteiger charge is 2.34. The van der Waals surface area contributed by atoms with Crippen molar-refractivity contribution in [3.63, 3.8) is 0 Å². The maximum atomic E-state index is 12.3. The summed E-state index contributed by atoms with van der Waals surface area (Å²) in [7, 11) is -4.23. The zero-order chi connectivity index (χ0) is 16.3. The van der Waals surface area contributed by atoms with Crippen molar-refractivity contribution in [1.29, 1.82) is 0 Å². The predicted octanol–water partition coefficient (Wildman–Crippen LogP) is 0.362. The van der Waals surface area contributed by atoms with Gasteiger partial charge in [0, 0.05) is 6.42 Å². The summed E-state index contributed by atoms with van der Waals surface area (Å²) in [5.74, 6) is -1.71. The number of H-pyrrole nitrogens is 1. The molecule has 12 heteroatoms. The molecule has 1 rings (SSSR count). The minimum atomic E-state index is -4.89. The van der Waals surface area contributed by atoms with Gasteiger partial charge in [0.25, 0.3) is 15.7 Å². The molecule has 0 aliphatic heterocycles. The Labute approximate surface area is 115 Å². The number of aromatic nitrogens is 2. The van der Waals surface area contributed by atoms with E-state index in [1.165, 1.54) is 0 Å². The minimum absolute atomic E-state index is 0.208. The Morgan fingerprint density at radius 1 is 1.43 bits per heavy atom. The van der Waals surface area contributed by atoms with Crippen molar-refractivity contribution in [1.82, 2.24) is 9.97 Å². The lowest BCUT2D eigenvalue weighted by Crippen LogP contribution is -2.23. The second-order valence-corrected chi connectivity index (χ2v) is 5.36. The van der Waals surface area contributed by atoms with Crippen LogP contribution in [-0.4, -0.2) is 34.7 Å². The van der Waals surface area contributed by atoms with Crippen molar-refractivity contribution in [2.24, 2.45) is 0 Å². The van der Waals surface area contributed by atoms with Gasteiger partial charge in [0.1, 0.15) is 5.56 Å². The van der Waals surface area contributed by atoms with Crippen LogP contribution in [0.2, 0.25) is 0 Å². The smallest absolute Gasteiger partial charge is 0.392 e. The van der Waals surface area contributed by atoms with Crippen molar-refractivity contribution < 1.29 is 35.7 Å². The lowest BCUT2D eigenvalue weighted by molar-refractivity contribution is -0.139. The quantitative estimate of drug-likeness (QED) is 0.589. The number of nitrogens with zero attached hydrogens (tertiary/aromatic N) is 1. The lowest BCUT2D eigenvalue weighted by atomic mass is 10.3. The van der Waals surface area contributed by atoms with Gasteiger partial charge in [-0.05, 0) is 6.42 Å². The van der Waals surface area contributed by atoms with Crippen LogP contribution in [0.15, 0.2) is 11.0 Å². The Morgan fingerprint density at radius 3 is 2.52 bits per heavy atom. The largest absolute Gasteiger partial charge is 0.423 e. The Morgan fingerprint density at radius 2 is 2.05 bits per heavy atom. The van der Waals surface area contributed by atoms with E-state index in [0.29, 0.717) is 0 Å². The molecule has 8 nitrogen and oxygen atoms in total. The molecule has 2 N–H and O–H groups in total. The summed E-state index contributed by atoms with van der Waals surface area (Å²) in [5.41, 5.74) is -3.08. The maximum absolute atomic E-state index is 12.3. The molecule has 0 saturated carbocycles. The zero-order valence-electron chi connectivity index (χ0n) is 10.2. The monoisotopic (exact) mass is 330 g/mol. The summed E-state index contributed by atoms with van der Waals surface area (Å²) in [6, 6.07) is -0.746. The third-order valence-electron chi connectivity index (χ3n) is 2.08. The van der Waals surface area contributed by atoms with Crippen molar-refractivity contribution in [3.05, 3.63) is 22.1 Å². The first-order valence-corrected chi connectivity index (χ1v) is 6.92. The minimum Gasteiger partial charge on any atom is -0.392 e. The van der Waals surface area contributed by atoms with Gasteiger partial charge in [-0.3, -0.25) is 19.1 Å². The van der Waals surface area contributed by atoms with Crippen LogP contribution in [0, 0.1) is 0 Å². The van der Waals surface area contributed by atoms with E-state index in [-0.39, 0.29) is 12.6 Å². The molecule has 1 heterocycles. The molecule has 0 aliphatic rings. The number of ether oxygens (including phenoxy) is 1. The van der Waals surface area contributed by atoms with Crippen LogP contribution in [0.25, 0.3) is 0 Å². The van der Waals surface area contributed by atoms with Gasteiger partial charge in [0.2, 0.25) is 0 Å². The van der Waals surface area contributed by atoms with E-state index >= 15 is 0 Å². The molecule has 0 aliphatic carbocycles. The SMILES string of the molecule is O=C(CCCS(=O)(=O)O)Oc1ncc(C(F)(F)F)c(=O)[nH]1. The zero-order valence-corrected chi connectivity index (χ0v) is 11.0. The molecule has 0 radical (unpaired) electrons. The summed E-state index contributed by atoms with van der Waals surface area (Å²) in [6.45, 7) is 0. The van der Waals surface area contributed by atoms with Crippen LogP contribution < -0.4 is 10.3 Å². The van der Waals surface area contributed by atoms with Gasteiger partial charge in [-0.1, -0.05) is 0 Å². The molecule has 0 amide bonds. The van der Waals surface area contributed by atoms with E-state index in [1.807, 2.05) is 0 Å². The lowest BCUT2D eigenvalue weighted by Gasteiger charge is -2.06. The first-order valence-electron chi connectivity index (χ1n) is 5.31. The highest BCUT2D eigenvalue weighted by molar-refractivity contribution is 7.85. The van der Waals surface area contributed by atoms with Crippen LogP contribution >= 0.6 is 0 Å². The van der Waals surface area contributed by atoms with E-state index < -0.39 is 51.6 Å². The highest BCUT2D eigenvalue weighted by Crippen LogP contribution is 2.25. The van der Waals surface area contributed by atoms with Crippen LogP contribution in [0.3, 0.4) is 0 Å². The number of carbonyl (C=O) groups is 1. The molecule has 1 aromatic heterocycles. The molecule has 0 bridgehead atoms. The molecular formula is C9H9F3N2O6S. The van der Waals surface area contributed by atoms with E-state index in [9.17, 15) is 31.2 Å². The van der Waals surface area contributed by atoms with Gasteiger partial charge >= 0.3 is 18.2 Å². The van der Waals surface area contributed by atoms with Gasteiger partial charge in [-0.25, -0.2) is 4.98 Å². The van der Waals surface area contributed by atoms with Crippen LogP contribution in [0.1, 0.15) is 18.4 Å². The molecule has 0 saturated heterocycles. The summed E-state index contributed by atoms with van der Waals surface area (Å²) in [5, 5.41) is 0. The topological polar surface area (TPSA) is 126 Å². The van der Waals surface area contributed by atoms with Crippen molar-refractivity contribution >= 4 is 16.1 Å². The number of rotatable bonds is 5. The molecule has 1 aromatic rings. The van der Waals surface area contributed by atoms with Crippen LogP contribution in [0.4, 0.5) is 13.2 Å². The predicted molar refractivity (Wildman–Crippen MR) is 61.1 cm³/mol. The van der Waals surface area contributed by atoms with Gasteiger partial charge in [0.15, 0.2) is 0 Å². The second kappa shape index (κ2) is 6.22. The normalized spacial score (nSPS) is 12.2. The standard InChI is InChI=1S/C9H9F3N2O6S/c10-9(11,12)5-4-13-8(14-7(5)16)20-6(15)2-1-3-21(17,18)19/h4H,1-3H2,(H,13,14,16)(H,17,18,19). The second-order valence-electron chi connectivity index (χ2n) is 3.79. The molecular weight excluding hydrogens is 321 g/mol. The van der Waals surface area contributed by atoms with Gasteiger partial charge in [-0.15, -0.1) is 0 Å². The molecule has 0 spiro atoms. The summed E-state index contributed by atoms with van der Waals surface area (Å²) in [4.78, 5) is 27.0. The summed E-state index contributed by atoms with van der Waals surface area (Å²) < 4.78 is 70.4. The van der Waals surface area contributed by atoms with Gasteiger partial charge in [-0.2, -0.15) is 21.6 Å². The third kappa shape index (κ3) is 5.91. The molecule has 0 fully saturated rings. The highest BCUT2D eigenvalue weighted by atomic mass is 32.2. The van der Waals surface area contributed by atoms with Crippen LogP contribution in [0.5, 0.6) is 6.01 Å². The number of hydrogen-bond acceptors (Lipinski definition) is 6. The molecule has 0 aromatic carbocycles. The van der Waals surface area contributed by atoms with E-state index in [1.54, 1.807) is 4.98 Å². The van der Waals surface area contributed by atoms with E-state index in [2.05, 4.69) is 9.72 Å².